The molecule has 1 aromatic heterocycles. The smallest absolute Gasteiger partial charge is 0.253 e. The Hall–Kier alpha value is -3.14. The highest BCUT2D eigenvalue weighted by molar-refractivity contribution is 5.94. The Bertz CT molecular complexity index is 914. The highest BCUT2D eigenvalue weighted by Gasteiger charge is 2.09. The van der Waals surface area contributed by atoms with Crippen LogP contribution in [0.25, 0.3) is 0 Å². The number of rotatable bonds is 5. The van der Waals surface area contributed by atoms with Gasteiger partial charge in [0.25, 0.3) is 5.91 Å². The van der Waals surface area contributed by atoms with Crippen LogP contribution in [-0.4, -0.2) is 10.9 Å². The molecule has 0 radical (unpaired) electrons. The first-order chi connectivity index (χ1) is 12.5. The van der Waals surface area contributed by atoms with E-state index in [1.54, 1.807) is 12.4 Å². The number of amides is 1. The van der Waals surface area contributed by atoms with Gasteiger partial charge in [0, 0.05) is 18.4 Å². The first kappa shape index (κ1) is 17.7. The van der Waals surface area contributed by atoms with Crippen LogP contribution in [0.1, 0.15) is 32.6 Å². The van der Waals surface area contributed by atoms with Crippen molar-refractivity contribution >= 4 is 17.3 Å². The number of carbonyl (C=O) groups is 1. The predicted molar refractivity (Wildman–Crippen MR) is 106 cm³/mol. The average molecular weight is 345 g/mol. The summed E-state index contributed by atoms with van der Waals surface area (Å²) in [5.41, 5.74) is 6.94. The maximum Gasteiger partial charge on any atom is 0.253 e. The van der Waals surface area contributed by atoms with E-state index in [1.165, 1.54) is 5.56 Å². The topological polar surface area (TPSA) is 54.0 Å². The van der Waals surface area contributed by atoms with E-state index in [4.69, 9.17) is 0 Å². The molecule has 3 rings (SSSR count). The molecule has 0 fully saturated rings. The van der Waals surface area contributed by atoms with Crippen LogP contribution in [-0.2, 0) is 6.54 Å². The fourth-order valence-electron chi connectivity index (χ4n) is 2.89. The van der Waals surface area contributed by atoms with Gasteiger partial charge < -0.3 is 10.6 Å². The van der Waals surface area contributed by atoms with Gasteiger partial charge in [-0.1, -0.05) is 48.0 Å². The minimum atomic E-state index is -0.135. The molecule has 1 amide bonds. The highest BCUT2D eigenvalue weighted by atomic mass is 16.1. The molecule has 0 saturated heterocycles. The summed E-state index contributed by atoms with van der Waals surface area (Å²) in [5, 5.41) is 6.32. The Morgan fingerprint density at radius 1 is 0.962 bits per heavy atom. The summed E-state index contributed by atoms with van der Waals surface area (Å²) in [5.74, 6) is -0.135. The number of benzene rings is 2. The fraction of sp³-hybridized carbons (Fsp3) is 0.182. The van der Waals surface area contributed by atoms with Crippen LogP contribution in [0.4, 0.5) is 11.4 Å². The van der Waals surface area contributed by atoms with Crippen molar-refractivity contribution in [3.05, 3.63) is 88.7 Å². The number of pyridine rings is 1. The Morgan fingerprint density at radius 2 is 1.69 bits per heavy atom. The number of aryl methyl sites for hydroxylation is 3. The SMILES string of the molecule is Cc1cccc(CNC(=O)c2cncc(Nc3c(C)cccc3C)c2)c1. The maximum absolute atomic E-state index is 12.5. The molecule has 2 aromatic carbocycles. The monoisotopic (exact) mass is 345 g/mol. The average Bonchev–Trinajstić information content (AvgIpc) is 2.63. The Balaban J connectivity index is 1.71. The molecule has 0 spiro atoms. The number of carbonyl (C=O) groups excluding carboxylic acids is 1. The molecule has 4 nitrogen and oxygen atoms in total. The van der Waals surface area contributed by atoms with Crippen molar-refractivity contribution in [2.45, 2.75) is 27.3 Å². The minimum Gasteiger partial charge on any atom is -0.354 e. The van der Waals surface area contributed by atoms with Crippen LogP contribution in [0.3, 0.4) is 0 Å². The number of nitrogens with zero attached hydrogens (tertiary/aromatic N) is 1. The van der Waals surface area contributed by atoms with Crippen molar-refractivity contribution in [3.8, 4) is 0 Å². The minimum absolute atomic E-state index is 0.135. The summed E-state index contributed by atoms with van der Waals surface area (Å²) in [7, 11) is 0. The summed E-state index contributed by atoms with van der Waals surface area (Å²) in [6, 6.07) is 16.1. The van der Waals surface area contributed by atoms with Crippen LogP contribution in [0.15, 0.2) is 60.9 Å². The predicted octanol–water partition coefficient (Wildman–Crippen LogP) is 4.68. The van der Waals surface area contributed by atoms with E-state index in [2.05, 4.69) is 47.7 Å². The lowest BCUT2D eigenvalue weighted by molar-refractivity contribution is 0.0950. The second kappa shape index (κ2) is 7.83. The zero-order chi connectivity index (χ0) is 18.5. The van der Waals surface area contributed by atoms with Gasteiger partial charge in [-0.05, 0) is 43.5 Å². The zero-order valence-electron chi connectivity index (χ0n) is 15.3. The molecule has 4 heteroatoms. The lowest BCUT2D eigenvalue weighted by Crippen LogP contribution is -2.23. The van der Waals surface area contributed by atoms with E-state index in [-0.39, 0.29) is 5.91 Å². The summed E-state index contributed by atoms with van der Waals surface area (Å²) >= 11 is 0. The molecule has 0 unspecified atom stereocenters. The largest absolute Gasteiger partial charge is 0.354 e. The Morgan fingerprint density at radius 3 is 2.42 bits per heavy atom. The van der Waals surface area contributed by atoms with Crippen molar-refractivity contribution in [2.24, 2.45) is 0 Å². The maximum atomic E-state index is 12.5. The number of para-hydroxylation sites is 1. The second-order valence-electron chi connectivity index (χ2n) is 6.53. The van der Waals surface area contributed by atoms with Crippen molar-refractivity contribution in [2.75, 3.05) is 5.32 Å². The van der Waals surface area contributed by atoms with Crippen LogP contribution in [0, 0.1) is 20.8 Å². The quantitative estimate of drug-likeness (QED) is 0.706. The van der Waals surface area contributed by atoms with Crippen LogP contribution in [0.5, 0.6) is 0 Å². The molecule has 0 aliphatic carbocycles. The van der Waals surface area contributed by atoms with E-state index >= 15 is 0 Å². The molecule has 1 heterocycles. The second-order valence-corrected chi connectivity index (χ2v) is 6.53. The van der Waals surface area contributed by atoms with Crippen molar-refractivity contribution in [1.82, 2.24) is 10.3 Å². The van der Waals surface area contributed by atoms with Gasteiger partial charge in [-0.2, -0.15) is 0 Å². The first-order valence-electron chi connectivity index (χ1n) is 8.65. The molecular formula is C22H23N3O. The van der Waals surface area contributed by atoms with Gasteiger partial charge in [0.05, 0.1) is 17.4 Å². The summed E-state index contributed by atoms with van der Waals surface area (Å²) in [4.78, 5) is 16.7. The first-order valence-corrected chi connectivity index (χ1v) is 8.65. The summed E-state index contributed by atoms with van der Waals surface area (Å²) in [6.45, 7) is 6.65. The summed E-state index contributed by atoms with van der Waals surface area (Å²) < 4.78 is 0. The molecule has 2 N–H and O–H groups in total. The molecule has 3 aromatic rings. The Labute approximate surface area is 154 Å². The highest BCUT2D eigenvalue weighted by Crippen LogP contribution is 2.24. The zero-order valence-corrected chi connectivity index (χ0v) is 15.3. The van der Waals surface area contributed by atoms with Gasteiger partial charge in [-0.25, -0.2) is 0 Å². The van der Waals surface area contributed by atoms with E-state index < -0.39 is 0 Å². The number of nitrogens with one attached hydrogen (secondary N) is 2. The number of hydrogen-bond acceptors (Lipinski definition) is 3. The van der Waals surface area contributed by atoms with E-state index in [0.717, 1.165) is 28.1 Å². The Kier molecular flexibility index (Phi) is 5.32. The third kappa shape index (κ3) is 4.28. The lowest BCUT2D eigenvalue weighted by atomic mass is 10.1. The third-order valence-electron chi connectivity index (χ3n) is 4.29. The van der Waals surface area contributed by atoms with E-state index in [1.807, 2.05) is 37.3 Å². The lowest BCUT2D eigenvalue weighted by Gasteiger charge is -2.13. The van der Waals surface area contributed by atoms with Crippen LogP contribution in [0.2, 0.25) is 0 Å². The fourth-order valence-corrected chi connectivity index (χ4v) is 2.89. The summed E-state index contributed by atoms with van der Waals surface area (Å²) in [6.07, 6.45) is 3.31. The molecular weight excluding hydrogens is 322 g/mol. The van der Waals surface area contributed by atoms with Gasteiger partial charge in [0.15, 0.2) is 0 Å². The van der Waals surface area contributed by atoms with Gasteiger partial charge in [-0.3, -0.25) is 9.78 Å². The van der Waals surface area contributed by atoms with Crippen molar-refractivity contribution in [1.29, 1.82) is 0 Å². The van der Waals surface area contributed by atoms with Crippen molar-refractivity contribution in [3.63, 3.8) is 0 Å². The van der Waals surface area contributed by atoms with Crippen LogP contribution < -0.4 is 10.6 Å². The molecule has 26 heavy (non-hydrogen) atoms. The van der Waals surface area contributed by atoms with E-state index in [9.17, 15) is 4.79 Å². The molecule has 0 atom stereocenters. The molecule has 0 aliphatic rings. The molecule has 0 saturated carbocycles. The van der Waals surface area contributed by atoms with Crippen molar-refractivity contribution < 1.29 is 4.79 Å². The molecule has 0 bridgehead atoms. The number of aromatic nitrogens is 1. The van der Waals surface area contributed by atoms with Gasteiger partial charge >= 0.3 is 0 Å². The number of hydrogen-bond donors (Lipinski definition) is 2. The van der Waals surface area contributed by atoms with E-state index in [0.29, 0.717) is 12.1 Å². The normalized spacial score (nSPS) is 10.4. The standard InChI is InChI=1S/C22H23N3O/c1-15-6-4-9-18(10-15)12-24-22(26)19-11-20(14-23-13-19)25-21-16(2)7-5-8-17(21)3/h4-11,13-14,25H,12H2,1-3H3,(H,24,26). The van der Waals surface area contributed by atoms with Crippen LogP contribution >= 0.6 is 0 Å². The molecule has 132 valence electrons. The van der Waals surface area contributed by atoms with Gasteiger partial charge in [0.1, 0.15) is 0 Å². The number of anilines is 2. The van der Waals surface area contributed by atoms with Gasteiger partial charge in [0.2, 0.25) is 0 Å². The third-order valence-corrected chi connectivity index (χ3v) is 4.29. The molecule has 0 aliphatic heterocycles. The van der Waals surface area contributed by atoms with Gasteiger partial charge in [-0.15, -0.1) is 0 Å².